The van der Waals surface area contributed by atoms with Gasteiger partial charge >= 0.3 is 0 Å². The molecule has 106 valence electrons. The molecule has 0 spiro atoms. The molecule has 0 aliphatic carbocycles. The van der Waals surface area contributed by atoms with E-state index in [1.807, 2.05) is 13.1 Å². The summed E-state index contributed by atoms with van der Waals surface area (Å²) in [5.41, 5.74) is 4.44. The molecule has 1 nitrogen and oxygen atoms in total. The van der Waals surface area contributed by atoms with Crippen LogP contribution in [-0.2, 0) is 0 Å². The minimum Gasteiger partial charge on any atom is -0.313 e. The monoisotopic (exact) mass is 271 g/mol. The molecule has 0 heterocycles. The standard InChI is InChI=1S/C18H22FN/c1-12(2)14-5-7-15(8-6-14)18-11-16(19)9-10-17(18)13(3)20-4/h5-13,20H,1-4H3. The van der Waals surface area contributed by atoms with Crippen LogP contribution in [0.4, 0.5) is 4.39 Å². The molecule has 0 amide bonds. The average Bonchev–Trinajstić information content (AvgIpc) is 2.46. The summed E-state index contributed by atoms with van der Waals surface area (Å²) in [5.74, 6) is 0.312. The predicted octanol–water partition coefficient (Wildman–Crippen LogP) is 4.90. The molecule has 0 aromatic heterocycles. The molecule has 2 heteroatoms. The SMILES string of the molecule is CNC(C)c1ccc(F)cc1-c1ccc(C(C)C)cc1. The molecule has 1 N–H and O–H groups in total. The zero-order chi connectivity index (χ0) is 14.7. The number of rotatable bonds is 4. The molecule has 1 unspecified atom stereocenters. The van der Waals surface area contributed by atoms with E-state index in [0.717, 1.165) is 16.7 Å². The highest BCUT2D eigenvalue weighted by molar-refractivity contribution is 5.68. The van der Waals surface area contributed by atoms with Gasteiger partial charge in [-0.2, -0.15) is 0 Å². The first-order chi connectivity index (χ1) is 9.52. The van der Waals surface area contributed by atoms with Crippen LogP contribution in [0.15, 0.2) is 42.5 Å². The first-order valence-corrected chi connectivity index (χ1v) is 7.10. The third kappa shape index (κ3) is 3.07. The van der Waals surface area contributed by atoms with E-state index in [9.17, 15) is 4.39 Å². The Morgan fingerprint density at radius 3 is 2.15 bits per heavy atom. The summed E-state index contributed by atoms with van der Waals surface area (Å²) in [6.07, 6.45) is 0. The van der Waals surface area contributed by atoms with Gasteiger partial charge in [-0.15, -0.1) is 0 Å². The van der Waals surface area contributed by atoms with Gasteiger partial charge in [-0.3, -0.25) is 0 Å². The van der Waals surface area contributed by atoms with E-state index in [1.165, 1.54) is 11.6 Å². The molecule has 0 bridgehead atoms. The van der Waals surface area contributed by atoms with Crippen LogP contribution in [0.5, 0.6) is 0 Å². The van der Waals surface area contributed by atoms with Crippen molar-refractivity contribution in [2.75, 3.05) is 7.05 Å². The van der Waals surface area contributed by atoms with E-state index in [1.54, 1.807) is 6.07 Å². The van der Waals surface area contributed by atoms with Gasteiger partial charge in [-0.25, -0.2) is 4.39 Å². The van der Waals surface area contributed by atoms with Crippen LogP contribution in [0.3, 0.4) is 0 Å². The Morgan fingerprint density at radius 2 is 1.60 bits per heavy atom. The molecule has 0 saturated carbocycles. The summed E-state index contributed by atoms with van der Waals surface area (Å²) in [6, 6.07) is 13.6. The summed E-state index contributed by atoms with van der Waals surface area (Å²) in [4.78, 5) is 0. The number of nitrogens with one attached hydrogen (secondary N) is 1. The zero-order valence-electron chi connectivity index (χ0n) is 12.6. The lowest BCUT2D eigenvalue weighted by molar-refractivity contribution is 0.620. The predicted molar refractivity (Wildman–Crippen MR) is 83.4 cm³/mol. The Hall–Kier alpha value is -1.67. The van der Waals surface area contributed by atoms with Gasteiger partial charge in [0.1, 0.15) is 5.82 Å². The van der Waals surface area contributed by atoms with Gasteiger partial charge in [0, 0.05) is 6.04 Å². The Bertz CT molecular complexity index is 572. The van der Waals surface area contributed by atoms with Crippen LogP contribution in [0.25, 0.3) is 11.1 Å². The minimum absolute atomic E-state index is 0.190. The van der Waals surface area contributed by atoms with Crippen molar-refractivity contribution in [2.24, 2.45) is 0 Å². The number of hydrogen-bond acceptors (Lipinski definition) is 1. The van der Waals surface area contributed by atoms with Crippen LogP contribution in [-0.4, -0.2) is 7.05 Å². The molecule has 0 aliphatic rings. The number of hydrogen-bond donors (Lipinski definition) is 1. The second-order valence-electron chi connectivity index (χ2n) is 5.52. The summed E-state index contributed by atoms with van der Waals surface area (Å²) in [6.45, 7) is 6.43. The van der Waals surface area contributed by atoms with E-state index >= 15 is 0 Å². The van der Waals surface area contributed by atoms with Crippen molar-refractivity contribution < 1.29 is 4.39 Å². The van der Waals surface area contributed by atoms with Gasteiger partial charge in [0.25, 0.3) is 0 Å². The highest BCUT2D eigenvalue weighted by Crippen LogP contribution is 2.30. The molecule has 0 radical (unpaired) electrons. The molecule has 1 atom stereocenters. The van der Waals surface area contributed by atoms with Crippen LogP contribution in [0, 0.1) is 5.82 Å². The van der Waals surface area contributed by atoms with Gasteiger partial charge < -0.3 is 5.32 Å². The average molecular weight is 271 g/mol. The summed E-state index contributed by atoms with van der Waals surface area (Å²) in [5, 5.41) is 3.22. The minimum atomic E-state index is -0.194. The molecule has 2 rings (SSSR count). The van der Waals surface area contributed by atoms with Gasteiger partial charge in [0.2, 0.25) is 0 Å². The Labute approximate surface area is 120 Å². The van der Waals surface area contributed by atoms with Crippen molar-refractivity contribution in [1.29, 1.82) is 0 Å². The molecule has 2 aromatic rings. The van der Waals surface area contributed by atoms with Crippen molar-refractivity contribution in [3.63, 3.8) is 0 Å². The van der Waals surface area contributed by atoms with E-state index in [-0.39, 0.29) is 11.9 Å². The molecule has 20 heavy (non-hydrogen) atoms. The Kier molecular flexibility index (Phi) is 4.56. The quantitative estimate of drug-likeness (QED) is 0.834. The smallest absolute Gasteiger partial charge is 0.123 e. The molecule has 0 fully saturated rings. The highest BCUT2D eigenvalue weighted by atomic mass is 19.1. The van der Waals surface area contributed by atoms with E-state index in [2.05, 4.69) is 50.4 Å². The summed E-state index contributed by atoms with van der Waals surface area (Å²) < 4.78 is 13.6. The first-order valence-electron chi connectivity index (χ1n) is 7.10. The summed E-state index contributed by atoms with van der Waals surface area (Å²) in [7, 11) is 1.92. The van der Waals surface area contributed by atoms with E-state index in [0.29, 0.717) is 5.92 Å². The van der Waals surface area contributed by atoms with Crippen molar-refractivity contribution >= 4 is 0 Å². The molecule has 2 aromatic carbocycles. The molecule has 0 saturated heterocycles. The molecular formula is C18H22FN. The van der Waals surface area contributed by atoms with Crippen molar-refractivity contribution in [3.05, 3.63) is 59.4 Å². The van der Waals surface area contributed by atoms with Crippen LogP contribution in [0.2, 0.25) is 0 Å². The van der Waals surface area contributed by atoms with Gasteiger partial charge in [-0.1, -0.05) is 44.2 Å². The molecular weight excluding hydrogens is 249 g/mol. The third-order valence-corrected chi connectivity index (χ3v) is 3.80. The van der Waals surface area contributed by atoms with Gasteiger partial charge in [0.05, 0.1) is 0 Å². The van der Waals surface area contributed by atoms with Gasteiger partial charge in [-0.05, 0) is 54.3 Å². The fourth-order valence-electron chi connectivity index (χ4n) is 2.36. The van der Waals surface area contributed by atoms with Crippen molar-refractivity contribution in [1.82, 2.24) is 5.32 Å². The fraction of sp³-hybridized carbons (Fsp3) is 0.333. The van der Waals surface area contributed by atoms with Crippen LogP contribution >= 0.6 is 0 Å². The summed E-state index contributed by atoms with van der Waals surface area (Å²) >= 11 is 0. The lowest BCUT2D eigenvalue weighted by Crippen LogP contribution is -2.13. The van der Waals surface area contributed by atoms with E-state index in [4.69, 9.17) is 0 Å². The highest BCUT2D eigenvalue weighted by Gasteiger charge is 2.12. The normalized spacial score (nSPS) is 12.7. The second kappa shape index (κ2) is 6.19. The van der Waals surface area contributed by atoms with Crippen LogP contribution in [0.1, 0.15) is 43.9 Å². The maximum absolute atomic E-state index is 13.6. The molecule has 0 aliphatic heterocycles. The largest absolute Gasteiger partial charge is 0.313 e. The van der Waals surface area contributed by atoms with Crippen molar-refractivity contribution in [3.8, 4) is 11.1 Å². The Balaban J connectivity index is 2.47. The Morgan fingerprint density at radius 1 is 0.950 bits per heavy atom. The topological polar surface area (TPSA) is 12.0 Å². The van der Waals surface area contributed by atoms with Gasteiger partial charge in [0.15, 0.2) is 0 Å². The van der Waals surface area contributed by atoms with Crippen LogP contribution < -0.4 is 5.32 Å². The van der Waals surface area contributed by atoms with Crippen molar-refractivity contribution in [2.45, 2.75) is 32.7 Å². The van der Waals surface area contributed by atoms with E-state index < -0.39 is 0 Å². The number of benzene rings is 2. The third-order valence-electron chi connectivity index (χ3n) is 3.80. The first kappa shape index (κ1) is 14.7. The maximum Gasteiger partial charge on any atom is 0.123 e. The maximum atomic E-state index is 13.6. The second-order valence-corrected chi connectivity index (χ2v) is 5.52. The fourth-order valence-corrected chi connectivity index (χ4v) is 2.36. The zero-order valence-corrected chi connectivity index (χ0v) is 12.6. The number of halogens is 1. The lowest BCUT2D eigenvalue weighted by atomic mass is 9.93. The lowest BCUT2D eigenvalue weighted by Gasteiger charge is -2.17.